The molecule has 1 N–H and O–H groups in total. The van der Waals surface area contributed by atoms with Crippen LogP contribution < -0.4 is 9.47 Å². The average Bonchev–Trinajstić information content (AvgIpc) is 3.15. The summed E-state index contributed by atoms with van der Waals surface area (Å²) in [4.78, 5) is 11.9. The number of ether oxygens (including phenoxy) is 3. The van der Waals surface area contributed by atoms with Crippen LogP contribution in [-0.4, -0.2) is 36.5 Å². The summed E-state index contributed by atoms with van der Waals surface area (Å²) < 4.78 is 16.5. The minimum atomic E-state index is -0.943. The van der Waals surface area contributed by atoms with Crippen molar-refractivity contribution < 1.29 is 24.1 Å². The van der Waals surface area contributed by atoms with Gasteiger partial charge < -0.3 is 19.3 Å². The molecule has 162 valence electrons. The number of hydrogen-bond acceptors (Lipinski definition) is 5. The fourth-order valence-corrected chi connectivity index (χ4v) is 3.69. The maximum Gasteiger partial charge on any atom is 0.384 e. The van der Waals surface area contributed by atoms with Gasteiger partial charge in [0.1, 0.15) is 23.7 Å². The SMILES string of the molecule is C=CCCC[C@H](C)OC(=O)C#CC(O)[C@@H]1C[C@@H](Oc2ccc(OC)cc2)C[C@H]1C=C. The van der Waals surface area contributed by atoms with Crippen LogP contribution in [0, 0.1) is 23.7 Å². The lowest BCUT2D eigenvalue weighted by molar-refractivity contribution is -0.141. The van der Waals surface area contributed by atoms with Crippen LogP contribution >= 0.6 is 0 Å². The van der Waals surface area contributed by atoms with E-state index < -0.39 is 12.1 Å². The highest BCUT2D eigenvalue weighted by molar-refractivity contribution is 5.88. The van der Waals surface area contributed by atoms with E-state index in [0.717, 1.165) is 37.2 Å². The average molecular weight is 413 g/mol. The molecule has 30 heavy (non-hydrogen) atoms. The van der Waals surface area contributed by atoms with E-state index in [2.05, 4.69) is 25.0 Å². The lowest BCUT2D eigenvalue weighted by Crippen LogP contribution is -2.22. The zero-order valence-corrected chi connectivity index (χ0v) is 17.9. The van der Waals surface area contributed by atoms with Gasteiger partial charge in [0.25, 0.3) is 0 Å². The largest absolute Gasteiger partial charge is 0.497 e. The summed E-state index contributed by atoms with van der Waals surface area (Å²) in [6, 6.07) is 7.41. The molecule has 1 saturated carbocycles. The van der Waals surface area contributed by atoms with Crippen LogP contribution in [0.3, 0.4) is 0 Å². The monoisotopic (exact) mass is 412 g/mol. The lowest BCUT2D eigenvalue weighted by atomic mass is 9.91. The summed E-state index contributed by atoms with van der Waals surface area (Å²) in [5, 5.41) is 10.5. The second-order valence-corrected chi connectivity index (χ2v) is 7.60. The summed E-state index contributed by atoms with van der Waals surface area (Å²) >= 11 is 0. The van der Waals surface area contributed by atoms with Crippen molar-refractivity contribution >= 4 is 5.97 Å². The first-order valence-corrected chi connectivity index (χ1v) is 10.4. The number of aliphatic hydroxyl groups excluding tert-OH is 1. The third kappa shape index (κ3) is 7.27. The number of esters is 1. The molecule has 2 rings (SSSR count). The Morgan fingerprint density at radius 1 is 1.27 bits per heavy atom. The Kier molecular flexibility index (Phi) is 9.50. The number of hydrogen-bond donors (Lipinski definition) is 1. The lowest BCUT2D eigenvalue weighted by Gasteiger charge is -2.17. The van der Waals surface area contributed by atoms with E-state index in [0.29, 0.717) is 6.42 Å². The summed E-state index contributed by atoms with van der Waals surface area (Å²) in [5.41, 5.74) is 0. The summed E-state index contributed by atoms with van der Waals surface area (Å²) in [6.07, 6.45) is 6.38. The zero-order chi connectivity index (χ0) is 21.9. The highest BCUT2D eigenvalue weighted by atomic mass is 16.5. The number of methoxy groups -OCH3 is 1. The van der Waals surface area contributed by atoms with E-state index in [1.807, 2.05) is 43.3 Å². The van der Waals surface area contributed by atoms with Crippen molar-refractivity contribution in [1.29, 1.82) is 0 Å². The molecular weight excluding hydrogens is 380 g/mol. The molecule has 0 aliphatic heterocycles. The maximum absolute atomic E-state index is 11.9. The third-order valence-corrected chi connectivity index (χ3v) is 5.34. The molecule has 0 heterocycles. The van der Waals surface area contributed by atoms with E-state index in [1.165, 1.54) is 0 Å². The van der Waals surface area contributed by atoms with Crippen molar-refractivity contribution in [3.05, 3.63) is 49.6 Å². The standard InChI is InChI=1S/C25H32O5/c1-5-7-8-9-18(3)29-25(27)15-14-24(26)23-17-22(16-19(23)6-2)30-21-12-10-20(28-4)11-13-21/h5-6,10-13,18-19,22-24,26H,1-2,7-9,16-17H2,3-4H3/t18-,19+,22-,23+,24?/m0/s1. The fourth-order valence-electron chi connectivity index (χ4n) is 3.69. The Morgan fingerprint density at radius 3 is 2.60 bits per heavy atom. The van der Waals surface area contributed by atoms with Gasteiger partial charge in [0.05, 0.1) is 13.2 Å². The fraction of sp³-hybridized carbons (Fsp3) is 0.480. The van der Waals surface area contributed by atoms with E-state index in [4.69, 9.17) is 14.2 Å². The van der Waals surface area contributed by atoms with Crippen molar-refractivity contribution in [2.75, 3.05) is 7.11 Å². The zero-order valence-electron chi connectivity index (χ0n) is 17.9. The molecule has 1 aromatic carbocycles. The van der Waals surface area contributed by atoms with Crippen LogP contribution in [0.5, 0.6) is 11.5 Å². The van der Waals surface area contributed by atoms with Gasteiger partial charge in [-0.2, -0.15) is 0 Å². The van der Waals surface area contributed by atoms with Crippen LogP contribution in [0.15, 0.2) is 49.6 Å². The van der Waals surface area contributed by atoms with Gasteiger partial charge in [-0.05, 0) is 69.2 Å². The van der Waals surface area contributed by atoms with Crippen LogP contribution in [0.2, 0.25) is 0 Å². The highest BCUT2D eigenvalue weighted by Crippen LogP contribution is 2.37. The molecule has 1 aliphatic carbocycles. The van der Waals surface area contributed by atoms with E-state index in [1.54, 1.807) is 7.11 Å². The van der Waals surface area contributed by atoms with Crippen LogP contribution in [0.25, 0.3) is 0 Å². The van der Waals surface area contributed by atoms with Gasteiger partial charge in [0, 0.05) is 11.8 Å². The highest BCUT2D eigenvalue weighted by Gasteiger charge is 2.37. The van der Waals surface area contributed by atoms with Crippen molar-refractivity contribution in [2.45, 2.75) is 57.3 Å². The molecule has 1 unspecified atom stereocenters. The predicted octanol–water partition coefficient (Wildman–Crippen LogP) is 4.31. The molecule has 5 heteroatoms. The first-order valence-electron chi connectivity index (χ1n) is 10.4. The molecule has 1 fully saturated rings. The number of rotatable bonds is 10. The molecule has 0 aromatic heterocycles. The first kappa shape index (κ1) is 23.6. The summed E-state index contributed by atoms with van der Waals surface area (Å²) in [5.74, 6) is 5.91. The van der Waals surface area contributed by atoms with Gasteiger partial charge in [-0.3, -0.25) is 0 Å². The Hall–Kier alpha value is -2.71. The second-order valence-electron chi connectivity index (χ2n) is 7.60. The van der Waals surface area contributed by atoms with E-state index in [9.17, 15) is 9.90 Å². The second kappa shape index (κ2) is 12.1. The molecular formula is C25H32O5. The third-order valence-electron chi connectivity index (χ3n) is 5.34. The summed E-state index contributed by atoms with van der Waals surface area (Å²) in [6.45, 7) is 9.39. The summed E-state index contributed by atoms with van der Waals surface area (Å²) in [7, 11) is 1.62. The molecule has 0 spiro atoms. The molecule has 0 saturated heterocycles. The Balaban J connectivity index is 1.89. The van der Waals surface area contributed by atoms with Gasteiger partial charge in [0.15, 0.2) is 0 Å². The van der Waals surface area contributed by atoms with Crippen LogP contribution in [0.1, 0.15) is 39.0 Å². The Bertz CT molecular complexity index is 758. The van der Waals surface area contributed by atoms with Gasteiger partial charge >= 0.3 is 5.97 Å². The molecule has 1 aliphatic rings. The van der Waals surface area contributed by atoms with Gasteiger partial charge in [-0.25, -0.2) is 4.79 Å². The minimum absolute atomic E-state index is 0.0559. The van der Waals surface area contributed by atoms with Crippen LogP contribution in [-0.2, 0) is 9.53 Å². The van der Waals surface area contributed by atoms with Gasteiger partial charge in [-0.1, -0.05) is 18.1 Å². The first-order chi connectivity index (χ1) is 14.5. The topological polar surface area (TPSA) is 65.0 Å². The predicted molar refractivity (Wildman–Crippen MR) is 117 cm³/mol. The molecule has 0 amide bonds. The van der Waals surface area contributed by atoms with Crippen LogP contribution in [0.4, 0.5) is 0 Å². The number of aliphatic hydroxyl groups is 1. The van der Waals surface area contributed by atoms with E-state index >= 15 is 0 Å². The number of unbranched alkanes of at least 4 members (excludes halogenated alkanes) is 1. The van der Waals surface area contributed by atoms with Crippen molar-refractivity contribution in [2.24, 2.45) is 11.8 Å². The van der Waals surface area contributed by atoms with Gasteiger partial charge in [-0.15, -0.1) is 13.2 Å². The Morgan fingerprint density at radius 2 is 1.97 bits per heavy atom. The molecule has 5 atom stereocenters. The minimum Gasteiger partial charge on any atom is -0.497 e. The van der Waals surface area contributed by atoms with Gasteiger partial charge in [0.2, 0.25) is 0 Å². The molecule has 0 radical (unpaired) electrons. The van der Waals surface area contributed by atoms with Crippen molar-refractivity contribution in [3.8, 4) is 23.3 Å². The smallest absolute Gasteiger partial charge is 0.384 e. The van der Waals surface area contributed by atoms with E-state index in [-0.39, 0.29) is 24.0 Å². The number of allylic oxidation sites excluding steroid dienone is 2. The quantitative estimate of drug-likeness (QED) is 0.204. The normalized spacial score (nSPS) is 22.2. The molecule has 1 aromatic rings. The Labute approximate surface area is 179 Å². The molecule has 5 nitrogen and oxygen atoms in total. The maximum atomic E-state index is 11.9. The van der Waals surface area contributed by atoms with Crippen molar-refractivity contribution in [1.82, 2.24) is 0 Å². The number of carbonyl (C=O) groups is 1. The molecule has 0 bridgehead atoms. The number of carbonyl (C=O) groups excluding carboxylic acids is 1. The number of benzene rings is 1. The van der Waals surface area contributed by atoms with Crippen molar-refractivity contribution in [3.63, 3.8) is 0 Å².